The van der Waals surface area contributed by atoms with Crippen molar-refractivity contribution < 1.29 is 28.9 Å². The maximum atomic E-state index is 12.7. The number of piperazine rings is 1. The predicted molar refractivity (Wildman–Crippen MR) is 95.5 cm³/mol. The monoisotopic (exact) mass is 356 g/mol. The summed E-state index contributed by atoms with van der Waals surface area (Å²) in [5.41, 5.74) is 1.22. The number of quaternary nitrogens is 2. The highest BCUT2D eigenvalue weighted by Gasteiger charge is 2.33. The number of aryl methyl sites for hydroxylation is 1. The van der Waals surface area contributed by atoms with Gasteiger partial charge in [-0.3, -0.25) is 4.79 Å². The van der Waals surface area contributed by atoms with Gasteiger partial charge >= 0.3 is 0 Å². The van der Waals surface area contributed by atoms with E-state index in [-0.39, 0.29) is 17.3 Å². The van der Waals surface area contributed by atoms with Crippen LogP contribution >= 0.6 is 0 Å². The molecule has 1 aromatic heterocycles. The van der Waals surface area contributed by atoms with E-state index in [2.05, 4.69) is 7.05 Å². The Morgan fingerprint density at radius 3 is 2.62 bits per heavy atom. The molecule has 6 nitrogen and oxygen atoms in total. The third-order valence-electron chi connectivity index (χ3n) is 5.19. The quantitative estimate of drug-likeness (QED) is 0.668. The minimum atomic E-state index is -0.173. The van der Waals surface area contributed by atoms with Crippen molar-refractivity contribution in [3.8, 4) is 11.5 Å². The lowest BCUT2D eigenvalue weighted by Crippen LogP contribution is -3.26. The molecule has 26 heavy (non-hydrogen) atoms. The van der Waals surface area contributed by atoms with Crippen LogP contribution in [0.1, 0.15) is 27.4 Å². The minimum Gasteiger partial charge on any atom is -0.507 e. The second-order valence-corrected chi connectivity index (χ2v) is 7.21. The smallest absolute Gasteiger partial charge is 0.232 e. The number of hydrogen-bond donors (Lipinski definition) is 3. The fourth-order valence-electron chi connectivity index (χ4n) is 3.58. The van der Waals surface area contributed by atoms with Crippen LogP contribution in [0.25, 0.3) is 6.08 Å². The Kier molecular flexibility index (Phi) is 4.30. The molecule has 0 spiro atoms. The highest BCUT2D eigenvalue weighted by molar-refractivity contribution is 6.14. The van der Waals surface area contributed by atoms with Crippen molar-refractivity contribution >= 4 is 11.9 Å². The number of phenolic OH excluding ortho intramolecular Hbond substituents is 1. The molecule has 2 aliphatic heterocycles. The number of Topliss-reactive ketones (excluding diaryl/α,β-unsaturated/α-hetero) is 1. The Balaban J connectivity index is 1.62. The van der Waals surface area contributed by atoms with E-state index in [1.54, 1.807) is 24.3 Å². The molecule has 1 aromatic carbocycles. The molecule has 3 heterocycles. The van der Waals surface area contributed by atoms with Crippen molar-refractivity contribution in [3.05, 3.63) is 52.7 Å². The van der Waals surface area contributed by atoms with Gasteiger partial charge in [-0.1, -0.05) is 0 Å². The third kappa shape index (κ3) is 3.13. The molecule has 6 heteroatoms. The summed E-state index contributed by atoms with van der Waals surface area (Å²) < 4.78 is 11.4. The SMILES string of the molecule is Cc1ccc(/C=C2/Oc3c(ccc(O)c3C[NH+]3CC[NH+](C)CC3)C2=O)o1. The predicted octanol–water partition coefficient (Wildman–Crippen LogP) is -0.177. The van der Waals surface area contributed by atoms with Gasteiger partial charge in [0.05, 0.1) is 18.2 Å². The number of rotatable bonds is 3. The van der Waals surface area contributed by atoms with Crippen LogP contribution in [0, 0.1) is 6.92 Å². The molecular weight excluding hydrogens is 332 g/mol. The van der Waals surface area contributed by atoms with E-state index in [1.807, 2.05) is 13.0 Å². The number of likely N-dealkylation sites (N-methyl/N-ethyl adjacent to an activating group) is 1. The molecular formula is C20H24N2O4+2. The van der Waals surface area contributed by atoms with Crippen LogP contribution in [0.5, 0.6) is 11.5 Å². The Labute approximate surface area is 152 Å². The number of phenols is 1. The number of ketones is 1. The van der Waals surface area contributed by atoms with Crippen LogP contribution in [-0.4, -0.2) is 44.1 Å². The lowest BCUT2D eigenvalue weighted by atomic mass is 10.0. The molecule has 0 atom stereocenters. The first-order valence-electron chi connectivity index (χ1n) is 9.01. The zero-order valence-corrected chi connectivity index (χ0v) is 15.1. The summed E-state index contributed by atoms with van der Waals surface area (Å²) in [5, 5.41) is 10.4. The molecule has 0 bridgehead atoms. The van der Waals surface area contributed by atoms with Gasteiger partial charge in [0.1, 0.15) is 50.0 Å². The molecule has 1 fully saturated rings. The van der Waals surface area contributed by atoms with E-state index in [0.717, 1.165) is 31.9 Å². The van der Waals surface area contributed by atoms with E-state index in [9.17, 15) is 9.90 Å². The van der Waals surface area contributed by atoms with Crippen LogP contribution in [0.2, 0.25) is 0 Å². The van der Waals surface area contributed by atoms with Gasteiger partial charge in [-0.05, 0) is 31.2 Å². The number of aromatic hydroxyl groups is 1. The average molecular weight is 356 g/mol. The topological polar surface area (TPSA) is 68.5 Å². The van der Waals surface area contributed by atoms with Gasteiger partial charge in [-0.25, -0.2) is 0 Å². The van der Waals surface area contributed by atoms with Crippen LogP contribution in [0.15, 0.2) is 34.4 Å². The Bertz CT molecular complexity index is 876. The van der Waals surface area contributed by atoms with E-state index in [4.69, 9.17) is 9.15 Å². The van der Waals surface area contributed by atoms with Crippen molar-refractivity contribution in [1.29, 1.82) is 0 Å². The largest absolute Gasteiger partial charge is 0.507 e. The summed E-state index contributed by atoms with van der Waals surface area (Å²) in [6.45, 7) is 6.80. The van der Waals surface area contributed by atoms with Gasteiger partial charge in [0.2, 0.25) is 5.78 Å². The zero-order chi connectivity index (χ0) is 18.3. The van der Waals surface area contributed by atoms with Crippen molar-refractivity contribution in [1.82, 2.24) is 0 Å². The number of allylic oxidation sites excluding steroid dienone is 1. The first-order chi connectivity index (χ1) is 12.5. The lowest BCUT2D eigenvalue weighted by molar-refractivity contribution is -1.01. The number of carbonyl (C=O) groups excluding carboxylic acids is 1. The number of hydrogen-bond acceptors (Lipinski definition) is 4. The zero-order valence-electron chi connectivity index (χ0n) is 15.1. The van der Waals surface area contributed by atoms with E-state index in [1.165, 1.54) is 9.80 Å². The fourth-order valence-corrected chi connectivity index (χ4v) is 3.58. The average Bonchev–Trinajstić information content (AvgIpc) is 3.16. The molecule has 2 aliphatic rings. The molecule has 0 unspecified atom stereocenters. The number of benzene rings is 1. The molecule has 3 N–H and O–H groups in total. The molecule has 0 aliphatic carbocycles. The fraction of sp³-hybridized carbons (Fsp3) is 0.350. The van der Waals surface area contributed by atoms with Crippen molar-refractivity contribution in [2.45, 2.75) is 13.5 Å². The first-order valence-corrected chi connectivity index (χ1v) is 9.01. The van der Waals surface area contributed by atoms with E-state index in [0.29, 0.717) is 29.2 Å². The molecule has 2 aromatic rings. The van der Waals surface area contributed by atoms with E-state index >= 15 is 0 Å². The van der Waals surface area contributed by atoms with Crippen molar-refractivity contribution in [2.75, 3.05) is 33.2 Å². The van der Waals surface area contributed by atoms with Gasteiger partial charge in [0.25, 0.3) is 0 Å². The summed E-state index contributed by atoms with van der Waals surface area (Å²) in [6, 6.07) is 6.87. The Morgan fingerprint density at radius 2 is 1.92 bits per heavy atom. The van der Waals surface area contributed by atoms with Crippen LogP contribution < -0.4 is 14.5 Å². The third-order valence-corrected chi connectivity index (χ3v) is 5.19. The minimum absolute atomic E-state index is 0.173. The van der Waals surface area contributed by atoms with Crippen molar-refractivity contribution in [2.24, 2.45) is 0 Å². The second kappa shape index (κ2) is 6.63. The summed E-state index contributed by atoms with van der Waals surface area (Å²) >= 11 is 0. The van der Waals surface area contributed by atoms with E-state index < -0.39 is 0 Å². The summed E-state index contributed by atoms with van der Waals surface area (Å²) in [5.74, 6) is 2.09. The number of carbonyl (C=O) groups is 1. The lowest BCUT2D eigenvalue weighted by Gasteiger charge is -2.27. The van der Waals surface area contributed by atoms with Crippen LogP contribution in [-0.2, 0) is 6.54 Å². The highest BCUT2D eigenvalue weighted by atomic mass is 16.5. The molecule has 0 amide bonds. The Morgan fingerprint density at radius 1 is 1.15 bits per heavy atom. The normalized spacial score (nSPS) is 23.9. The highest BCUT2D eigenvalue weighted by Crippen LogP contribution is 2.39. The van der Waals surface area contributed by atoms with Crippen LogP contribution in [0.4, 0.5) is 0 Å². The number of ether oxygens (including phenoxy) is 1. The number of fused-ring (bicyclic) bond motifs is 1. The Hall–Kier alpha value is -2.57. The number of nitrogens with one attached hydrogen (secondary N) is 2. The molecule has 1 saturated heterocycles. The maximum absolute atomic E-state index is 12.7. The molecule has 136 valence electrons. The van der Waals surface area contributed by atoms with Gasteiger partial charge in [-0.15, -0.1) is 0 Å². The van der Waals surface area contributed by atoms with Crippen molar-refractivity contribution in [3.63, 3.8) is 0 Å². The maximum Gasteiger partial charge on any atom is 0.232 e. The van der Waals surface area contributed by atoms with Gasteiger partial charge in [0, 0.05) is 6.08 Å². The molecule has 0 radical (unpaired) electrons. The summed E-state index contributed by atoms with van der Waals surface area (Å²) in [7, 11) is 2.20. The standard InChI is InChI=1S/C20H22N2O4/c1-13-3-4-14(25-13)11-18-19(24)15-5-6-17(23)16(20(15)26-18)12-22-9-7-21(2)8-10-22/h3-6,11,23H,7-10,12H2,1-2H3/p+2/b18-11+. The molecule has 0 saturated carbocycles. The second-order valence-electron chi connectivity index (χ2n) is 7.21. The van der Waals surface area contributed by atoms with Gasteiger partial charge in [0.15, 0.2) is 11.5 Å². The molecule has 4 rings (SSSR count). The summed E-state index contributed by atoms with van der Waals surface area (Å²) in [6.07, 6.45) is 1.61. The van der Waals surface area contributed by atoms with Gasteiger partial charge < -0.3 is 24.1 Å². The summed E-state index contributed by atoms with van der Waals surface area (Å²) in [4.78, 5) is 15.6. The van der Waals surface area contributed by atoms with Gasteiger partial charge in [-0.2, -0.15) is 0 Å². The number of furan rings is 1. The first kappa shape index (κ1) is 16.9. The van der Waals surface area contributed by atoms with Crippen LogP contribution in [0.3, 0.4) is 0 Å².